The molecule has 2 aliphatic carbocycles. The summed E-state index contributed by atoms with van der Waals surface area (Å²) in [6.45, 7) is 0.961. The topological polar surface area (TPSA) is 52.6 Å². The standard InChI is InChI=1S/C24H34O4.2Po.4H/c25-23(27-17-15-19-7-3-1-4-8-19)21-11-13-22(14-12-21)24(26)28-18-16-20-9-5-2-6-10-20;;;;;;/h11-14,19-20H,1-10,15-18H2;;;;;;. The van der Waals surface area contributed by atoms with Gasteiger partial charge in [0.2, 0.25) is 0 Å². The van der Waals surface area contributed by atoms with Crippen LogP contribution in [0.5, 0.6) is 0 Å². The third-order valence-electron chi connectivity index (χ3n) is 6.32. The molecule has 0 heterocycles. The Kier molecular flexibility index (Phi) is 14.7. The second-order valence-electron chi connectivity index (χ2n) is 8.43. The van der Waals surface area contributed by atoms with E-state index in [0.29, 0.717) is 36.2 Å². The van der Waals surface area contributed by atoms with Gasteiger partial charge in [-0.2, -0.15) is 0 Å². The number of ether oxygens (including phenoxy) is 2. The first-order chi connectivity index (χ1) is 13.7. The van der Waals surface area contributed by atoms with Crippen LogP contribution < -0.4 is 0 Å². The van der Waals surface area contributed by atoms with E-state index in [9.17, 15) is 9.59 Å². The Bertz CT molecular complexity index is 566. The first-order valence-corrected chi connectivity index (χ1v) is 11.2. The summed E-state index contributed by atoms with van der Waals surface area (Å²) in [7, 11) is 0. The molecule has 30 heavy (non-hydrogen) atoms. The van der Waals surface area contributed by atoms with E-state index in [0.717, 1.165) is 12.8 Å². The molecule has 3 rings (SSSR count). The fourth-order valence-corrected chi connectivity index (χ4v) is 4.50. The quantitative estimate of drug-likeness (QED) is 0.372. The van der Waals surface area contributed by atoms with Gasteiger partial charge in [-0.15, -0.1) is 0 Å². The Hall–Kier alpha value is -0.0478. The summed E-state index contributed by atoms with van der Waals surface area (Å²) < 4.78 is 10.8. The number of benzene rings is 1. The molecular weight excluding hydrogens is 770 g/mol. The zero-order valence-corrected chi connectivity index (χ0v) is 25.8. The predicted molar refractivity (Wildman–Crippen MR) is 126 cm³/mol. The Morgan fingerprint density at radius 1 is 0.633 bits per heavy atom. The second-order valence-corrected chi connectivity index (χ2v) is 8.43. The molecule has 170 valence electrons. The molecule has 2 fully saturated rings. The second kappa shape index (κ2) is 15.7. The third kappa shape index (κ3) is 9.62. The Labute approximate surface area is 220 Å². The van der Waals surface area contributed by atoms with Gasteiger partial charge in [0.15, 0.2) is 0 Å². The van der Waals surface area contributed by atoms with E-state index in [1.165, 1.54) is 64.2 Å². The number of carbonyl (C=O) groups is 2. The van der Waals surface area contributed by atoms with Gasteiger partial charge >= 0.3 is 65.1 Å². The van der Waals surface area contributed by atoms with Crippen LogP contribution in [-0.4, -0.2) is 78.3 Å². The van der Waals surface area contributed by atoms with Crippen LogP contribution in [0.1, 0.15) is 97.8 Å². The number of hydrogen-bond acceptors (Lipinski definition) is 4. The van der Waals surface area contributed by atoms with Crippen LogP contribution in [0, 0.1) is 11.8 Å². The number of hydrogen-bond donors (Lipinski definition) is 0. The average Bonchev–Trinajstić information content (AvgIpc) is 2.75. The summed E-state index contributed by atoms with van der Waals surface area (Å²) in [5, 5.41) is 0. The van der Waals surface area contributed by atoms with Crippen molar-refractivity contribution in [3.63, 3.8) is 0 Å². The minimum atomic E-state index is -0.312. The van der Waals surface area contributed by atoms with E-state index in [4.69, 9.17) is 9.47 Å². The molecule has 0 atom stereocenters. The molecule has 6 heteroatoms. The van der Waals surface area contributed by atoms with Gasteiger partial charge in [-0.1, -0.05) is 64.2 Å². The molecule has 0 aliphatic heterocycles. The first-order valence-electron chi connectivity index (χ1n) is 11.2. The van der Waals surface area contributed by atoms with Crippen LogP contribution in [0.25, 0.3) is 0 Å². The molecule has 0 amide bonds. The van der Waals surface area contributed by atoms with Crippen molar-refractivity contribution in [1.29, 1.82) is 0 Å². The Morgan fingerprint density at radius 3 is 1.30 bits per heavy atom. The van der Waals surface area contributed by atoms with Crippen LogP contribution in [0.4, 0.5) is 0 Å². The van der Waals surface area contributed by atoms with Crippen LogP contribution >= 0.6 is 0 Å². The van der Waals surface area contributed by atoms with Gasteiger partial charge in [0.1, 0.15) is 0 Å². The van der Waals surface area contributed by atoms with Gasteiger partial charge in [0.25, 0.3) is 0 Å². The van der Waals surface area contributed by atoms with Crippen LogP contribution in [0.3, 0.4) is 0 Å². The van der Waals surface area contributed by atoms with Crippen molar-refractivity contribution >= 4 is 65.1 Å². The molecule has 0 radical (unpaired) electrons. The van der Waals surface area contributed by atoms with E-state index in [1.807, 2.05) is 0 Å². The molecule has 0 bridgehead atoms. The molecule has 0 saturated heterocycles. The van der Waals surface area contributed by atoms with Crippen molar-refractivity contribution in [3.8, 4) is 0 Å². The fraction of sp³-hybridized carbons (Fsp3) is 0.667. The molecule has 2 aliphatic rings. The van der Waals surface area contributed by atoms with Gasteiger partial charge in [-0.05, 0) is 48.9 Å². The molecule has 1 aromatic carbocycles. The summed E-state index contributed by atoms with van der Waals surface area (Å²) in [5.41, 5.74) is 0.977. The van der Waals surface area contributed by atoms with E-state index in [2.05, 4.69) is 0 Å². The number of esters is 2. The molecule has 0 spiro atoms. The summed E-state index contributed by atoms with van der Waals surface area (Å²) in [5.74, 6) is 0.778. The van der Waals surface area contributed by atoms with E-state index < -0.39 is 0 Å². The first kappa shape index (κ1) is 28.0. The molecule has 4 nitrogen and oxygen atoms in total. The van der Waals surface area contributed by atoms with E-state index in [-0.39, 0.29) is 65.1 Å². The SMILES string of the molecule is O=C(OCCC1CCCCC1)c1ccc(C(=O)OCCC2CCCCC2)cc1.[PoH2].[PoH2]. The summed E-state index contributed by atoms with van der Waals surface area (Å²) in [6.07, 6.45) is 14.8. The maximum absolute atomic E-state index is 12.2. The average molecular weight is 809 g/mol. The van der Waals surface area contributed by atoms with Gasteiger partial charge in [0, 0.05) is 0 Å². The monoisotopic (exact) mass is 808 g/mol. The van der Waals surface area contributed by atoms with Gasteiger partial charge in [-0.3, -0.25) is 0 Å². The molecular formula is C24H38O4Po2. The molecule has 0 N–H and O–H groups in total. The maximum atomic E-state index is 12.2. The van der Waals surface area contributed by atoms with Gasteiger partial charge in [0.05, 0.1) is 24.3 Å². The van der Waals surface area contributed by atoms with Crippen molar-refractivity contribution in [2.24, 2.45) is 11.8 Å². The van der Waals surface area contributed by atoms with Crippen molar-refractivity contribution in [3.05, 3.63) is 35.4 Å². The normalized spacial score (nSPS) is 17.3. The number of carbonyl (C=O) groups excluding carboxylic acids is 2. The predicted octanol–water partition coefficient (Wildman–Crippen LogP) is 4.11. The zero-order chi connectivity index (χ0) is 19.6. The Morgan fingerprint density at radius 2 is 0.967 bits per heavy atom. The van der Waals surface area contributed by atoms with Gasteiger partial charge in [-0.25, -0.2) is 9.59 Å². The van der Waals surface area contributed by atoms with Crippen LogP contribution in [-0.2, 0) is 9.47 Å². The number of rotatable bonds is 8. The fourth-order valence-electron chi connectivity index (χ4n) is 4.50. The van der Waals surface area contributed by atoms with E-state index in [1.54, 1.807) is 24.3 Å². The van der Waals surface area contributed by atoms with Crippen molar-refractivity contribution in [2.75, 3.05) is 13.2 Å². The summed E-state index contributed by atoms with van der Waals surface area (Å²) in [4.78, 5) is 24.4. The minimum absolute atomic E-state index is 0. The van der Waals surface area contributed by atoms with Crippen LogP contribution in [0.15, 0.2) is 24.3 Å². The van der Waals surface area contributed by atoms with Gasteiger partial charge < -0.3 is 9.47 Å². The van der Waals surface area contributed by atoms with Crippen molar-refractivity contribution in [2.45, 2.75) is 77.0 Å². The van der Waals surface area contributed by atoms with Crippen LogP contribution in [0.2, 0.25) is 0 Å². The summed E-state index contributed by atoms with van der Waals surface area (Å²) in [6, 6.07) is 6.61. The van der Waals surface area contributed by atoms with E-state index >= 15 is 0 Å². The Balaban J connectivity index is 0.00000225. The molecule has 0 aromatic heterocycles. The molecule has 0 unspecified atom stereocenters. The summed E-state index contributed by atoms with van der Waals surface area (Å²) >= 11 is 0. The van der Waals surface area contributed by atoms with Crippen molar-refractivity contribution < 1.29 is 19.1 Å². The van der Waals surface area contributed by atoms with Crippen molar-refractivity contribution in [1.82, 2.24) is 0 Å². The molecule has 2 saturated carbocycles. The zero-order valence-electron chi connectivity index (χ0n) is 18.0. The third-order valence-corrected chi connectivity index (χ3v) is 6.32. The molecule has 1 aromatic rings.